The fourth-order valence-corrected chi connectivity index (χ4v) is 3.26. The molecular formula is C16H15FN2O2S. The normalized spacial score (nSPS) is 16.8. The summed E-state index contributed by atoms with van der Waals surface area (Å²) in [6.45, 7) is 0.518. The molecule has 3 rings (SSSR count). The van der Waals surface area contributed by atoms with Gasteiger partial charge in [0.05, 0.1) is 5.92 Å². The number of carbonyl (C=O) groups is 2. The summed E-state index contributed by atoms with van der Waals surface area (Å²) >= 11 is 1.62. The van der Waals surface area contributed by atoms with E-state index in [-0.39, 0.29) is 18.2 Å². The van der Waals surface area contributed by atoms with Crippen LogP contribution in [0.25, 0.3) is 0 Å². The molecule has 0 saturated heterocycles. The SMILES string of the molecule is O=C1CC(C(=O)NCCc2ccsc2)c2ccc(F)cc2N1. The van der Waals surface area contributed by atoms with E-state index >= 15 is 0 Å². The van der Waals surface area contributed by atoms with Crippen LogP contribution in [0.2, 0.25) is 0 Å². The van der Waals surface area contributed by atoms with Crippen LogP contribution in [0.15, 0.2) is 35.0 Å². The Kier molecular flexibility index (Phi) is 4.20. The molecular weight excluding hydrogens is 303 g/mol. The van der Waals surface area contributed by atoms with E-state index in [0.717, 1.165) is 6.42 Å². The minimum Gasteiger partial charge on any atom is -0.355 e. The number of halogens is 1. The maximum atomic E-state index is 13.3. The van der Waals surface area contributed by atoms with Crippen LogP contribution >= 0.6 is 11.3 Å². The van der Waals surface area contributed by atoms with Gasteiger partial charge in [-0.25, -0.2) is 4.39 Å². The predicted octanol–water partition coefficient (Wildman–Crippen LogP) is 2.67. The molecule has 1 aliphatic heterocycles. The van der Waals surface area contributed by atoms with E-state index in [1.54, 1.807) is 17.4 Å². The van der Waals surface area contributed by atoms with Gasteiger partial charge in [0, 0.05) is 18.7 Å². The van der Waals surface area contributed by atoms with Crippen molar-refractivity contribution in [2.75, 3.05) is 11.9 Å². The zero-order valence-corrected chi connectivity index (χ0v) is 12.6. The van der Waals surface area contributed by atoms with Gasteiger partial charge < -0.3 is 10.6 Å². The highest BCUT2D eigenvalue weighted by molar-refractivity contribution is 7.07. The number of hydrogen-bond acceptors (Lipinski definition) is 3. The van der Waals surface area contributed by atoms with Gasteiger partial charge in [0.25, 0.3) is 0 Å². The maximum absolute atomic E-state index is 13.3. The predicted molar refractivity (Wildman–Crippen MR) is 83.4 cm³/mol. The zero-order valence-electron chi connectivity index (χ0n) is 11.8. The first-order valence-electron chi connectivity index (χ1n) is 7.01. The topological polar surface area (TPSA) is 58.2 Å². The number of thiophene rings is 1. The van der Waals surface area contributed by atoms with Gasteiger partial charge in [-0.15, -0.1) is 0 Å². The zero-order chi connectivity index (χ0) is 15.5. The summed E-state index contributed by atoms with van der Waals surface area (Å²) < 4.78 is 13.3. The molecule has 6 heteroatoms. The molecule has 2 aromatic rings. The average Bonchev–Trinajstić information content (AvgIpc) is 2.99. The molecule has 0 saturated carbocycles. The molecule has 1 aromatic carbocycles. The molecule has 0 radical (unpaired) electrons. The van der Waals surface area contributed by atoms with Crippen LogP contribution < -0.4 is 10.6 Å². The molecule has 2 heterocycles. The molecule has 0 fully saturated rings. The second kappa shape index (κ2) is 6.27. The third-order valence-corrected chi connectivity index (χ3v) is 4.40. The summed E-state index contributed by atoms with van der Waals surface area (Å²) in [7, 11) is 0. The first-order chi connectivity index (χ1) is 10.6. The Balaban J connectivity index is 1.68. The fraction of sp³-hybridized carbons (Fsp3) is 0.250. The van der Waals surface area contributed by atoms with Gasteiger partial charge in [-0.1, -0.05) is 6.07 Å². The summed E-state index contributed by atoms with van der Waals surface area (Å²) in [5.74, 6) is -1.46. The quantitative estimate of drug-likeness (QED) is 0.910. The number of carbonyl (C=O) groups excluding carboxylic acids is 2. The summed E-state index contributed by atoms with van der Waals surface area (Å²) in [4.78, 5) is 24.0. The number of nitrogens with one attached hydrogen (secondary N) is 2. The number of benzene rings is 1. The Morgan fingerprint density at radius 3 is 3.05 bits per heavy atom. The Hall–Kier alpha value is -2.21. The third-order valence-electron chi connectivity index (χ3n) is 3.66. The highest BCUT2D eigenvalue weighted by Crippen LogP contribution is 2.32. The molecule has 0 spiro atoms. The Morgan fingerprint density at radius 2 is 2.27 bits per heavy atom. The fourth-order valence-electron chi connectivity index (χ4n) is 2.56. The summed E-state index contributed by atoms with van der Waals surface area (Å²) in [5, 5.41) is 9.50. The Labute approximate surface area is 131 Å². The molecule has 1 aliphatic rings. The number of hydrogen-bond donors (Lipinski definition) is 2. The molecule has 22 heavy (non-hydrogen) atoms. The molecule has 2 N–H and O–H groups in total. The lowest BCUT2D eigenvalue weighted by Gasteiger charge is -2.24. The van der Waals surface area contributed by atoms with Crippen molar-refractivity contribution in [3.63, 3.8) is 0 Å². The molecule has 4 nitrogen and oxygen atoms in total. The molecule has 0 aliphatic carbocycles. The van der Waals surface area contributed by atoms with Crippen molar-refractivity contribution < 1.29 is 14.0 Å². The molecule has 1 unspecified atom stereocenters. The van der Waals surface area contributed by atoms with E-state index in [0.29, 0.717) is 17.8 Å². The van der Waals surface area contributed by atoms with Gasteiger partial charge in [0.15, 0.2) is 0 Å². The maximum Gasteiger partial charge on any atom is 0.228 e. The van der Waals surface area contributed by atoms with Crippen molar-refractivity contribution in [2.24, 2.45) is 0 Å². The van der Waals surface area contributed by atoms with Gasteiger partial charge in [0.1, 0.15) is 5.82 Å². The van der Waals surface area contributed by atoms with E-state index in [2.05, 4.69) is 10.6 Å². The first-order valence-corrected chi connectivity index (χ1v) is 7.96. The number of fused-ring (bicyclic) bond motifs is 1. The van der Waals surface area contributed by atoms with Crippen LogP contribution in [0.4, 0.5) is 10.1 Å². The Bertz CT molecular complexity index is 700. The van der Waals surface area contributed by atoms with Crippen molar-refractivity contribution in [3.05, 3.63) is 52.0 Å². The molecule has 1 aromatic heterocycles. The molecule has 114 valence electrons. The largest absolute Gasteiger partial charge is 0.355 e. The van der Waals surface area contributed by atoms with Crippen LogP contribution in [0.3, 0.4) is 0 Å². The lowest BCUT2D eigenvalue weighted by Crippen LogP contribution is -2.36. The van der Waals surface area contributed by atoms with Crippen molar-refractivity contribution in [1.82, 2.24) is 5.32 Å². The van der Waals surface area contributed by atoms with E-state index in [9.17, 15) is 14.0 Å². The molecule has 0 bridgehead atoms. The lowest BCUT2D eigenvalue weighted by atomic mass is 9.89. The van der Waals surface area contributed by atoms with Crippen molar-refractivity contribution in [1.29, 1.82) is 0 Å². The standard InChI is InChI=1S/C16H15FN2O2S/c17-11-1-2-12-13(8-15(20)19-14(12)7-11)16(21)18-5-3-10-4-6-22-9-10/h1-2,4,6-7,9,13H,3,5,8H2,(H,18,21)(H,19,20). The van der Waals surface area contributed by atoms with Crippen LogP contribution in [-0.4, -0.2) is 18.4 Å². The smallest absolute Gasteiger partial charge is 0.228 e. The Morgan fingerprint density at radius 1 is 1.41 bits per heavy atom. The van der Waals surface area contributed by atoms with E-state index in [1.165, 1.54) is 17.7 Å². The van der Waals surface area contributed by atoms with Gasteiger partial charge in [0.2, 0.25) is 11.8 Å². The number of amides is 2. The van der Waals surface area contributed by atoms with E-state index in [1.807, 2.05) is 16.8 Å². The highest BCUT2D eigenvalue weighted by atomic mass is 32.1. The third kappa shape index (κ3) is 3.17. The lowest BCUT2D eigenvalue weighted by molar-refractivity contribution is -0.126. The second-order valence-electron chi connectivity index (χ2n) is 5.21. The van der Waals surface area contributed by atoms with Crippen molar-refractivity contribution >= 4 is 28.8 Å². The van der Waals surface area contributed by atoms with Crippen LogP contribution in [-0.2, 0) is 16.0 Å². The van der Waals surface area contributed by atoms with E-state index in [4.69, 9.17) is 0 Å². The van der Waals surface area contributed by atoms with Gasteiger partial charge >= 0.3 is 0 Å². The van der Waals surface area contributed by atoms with Crippen molar-refractivity contribution in [3.8, 4) is 0 Å². The number of anilines is 1. The molecule has 1 atom stereocenters. The van der Waals surface area contributed by atoms with Crippen LogP contribution in [0, 0.1) is 5.82 Å². The van der Waals surface area contributed by atoms with E-state index < -0.39 is 11.7 Å². The van der Waals surface area contributed by atoms with Gasteiger partial charge in [-0.2, -0.15) is 11.3 Å². The summed E-state index contributed by atoms with van der Waals surface area (Å²) in [5.41, 5.74) is 2.22. The number of rotatable bonds is 4. The first kappa shape index (κ1) is 14.7. The second-order valence-corrected chi connectivity index (χ2v) is 5.99. The molecule has 2 amide bonds. The van der Waals surface area contributed by atoms with Crippen LogP contribution in [0.5, 0.6) is 0 Å². The van der Waals surface area contributed by atoms with Crippen molar-refractivity contribution in [2.45, 2.75) is 18.8 Å². The highest BCUT2D eigenvalue weighted by Gasteiger charge is 2.30. The minimum atomic E-state index is -0.563. The summed E-state index contributed by atoms with van der Waals surface area (Å²) in [6, 6.07) is 6.14. The minimum absolute atomic E-state index is 0.0862. The van der Waals surface area contributed by atoms with Crippen LogP contribution in [0.1, 0.15) is 23.5 Å². The van der Waals surface area contributed by atoms with Gasteiger partial charge in [-0.05, 0) is 46.5 Å². The monoisotopic (exact) mass is 318 g/mol. The average molecular weight is 318 g/mol. The van der Waals surface area contributed by atoms with Gasteiger partial charge in [-0.3, -0.25) is 9.59 Å². The summed E-state index contributed by atoms with van der Waals surface area (Å²) in [6.07, 6.45) is 0.841.